The first-order valence-corrected chi connectivity index (χ1v) is 9.07. The highest BCUT2D eigenvalue weighted by atomic mass is 16.5. The highest BCUT2D eigenvalue weighted by Gasteiger charge is 2.22. The smallest absolute Gasteiger partial charge is 0.274 e. The number of carbonyl (C=O) groups is 2. The molecule has 6 nitrogen and oxygen atoms in total. The molecule has 3 aromatic rings. The third-order valence-corrected chi connectivity index (χ3v) is 4.49. The fourth-order valence-corrected chi connectivity index (χ4v) is 3.12. The summed E-state index contributed by atoms with van der Waals surface area (Å²) >= 11 is 0. The van der Waals surface area contributed by atoms with E-state index in [4.69, 9.17) is 4.74 Å². The van der Waals surface area contributed by atoms with E-state index in [0.29, 0.717) is 23.6 Å². The maximum atomic E-state index is 12.6. The molecule has 1 saturated heterocycles. The van der Waals surface area contributed by atoms with E-state index in [1.165, 1.54) is 6.20 Å². The normalized spacial score (nSPS) is 15.7. The van der Waals surface area contributed by atoms with Crippen molar-refractivity contribution in [2.24, 2.45) is 0 Å². The van der Waals surface area contributed by atoms with Crippen molar-refractivity contribution >= 4 is 17.5 Å². The molecule has 0 aliphatic carbocycles. The summed E-state index contributed by atoms with van der Waals surface area (Å²) in [6.07, 6.45) is 2.83. The van der Waals surface area contributed by atoms with Gasteiger partial charge in [-0.05, 0) is 42.3 Å². The predicted octanol–water partition coefficient (Wildman–Crippen LogP) is 4.08. The predicted molar refractivity (Wildman–Crippen MR) is 105 cm³/mol. The first-order valence-electron chi connectivity index (χ1n) is 9.07. The number of aromatic nitrogens is 1. The Morgan fingerprint density at radius 2 is 1.89 bits per heavy atom. The van der Waals surface area contributed by atoms with Crippen LogP contribution in [0.5, 0.6) is 11.5 Å². The second-order valence-corrected chi connectivity index (χ2v) is 6.53. The maximum absolute atomic E-state index is 12.6. The van der Waals surface area contributed by atoms with E-state index in [9.17, 15) is 9.59 Å². The minimum Gasteiger partial charge on any atom is -0.457 e. The number of anilines is 1. The average Bonchev–Trinajstić information content (AvgIpc) is 3.16. The molecule has 2 aromatic carbocycles. The number of pyridine rings is 1. The van der Waals surface area contributed by atoms with Crippen molar-refractivity contribution in [2.45, 2.75) is 18.9 Å². The van der Waals surface area contributed by atoms with Crippen LogP contribution in [0.2, 0.25) is 0 Å². The van der Waals surface area contributed by atoms with Crippen LogP contribution in [-0.4, -0.2) is 16.8 Å². The summed E-state index contributed by atoms with van der Waals surface area (Å²) in [6, 6.07) is 20.1. The lowest BCUT2D eigenvalue weighted by Gasteiger charge is -2.12. The highest BCUT2D eigenvalue weighted by Crippen LogP contribution is 2.26. The molecule has 1 aliphatic rings. The van der Waals surface area contributed by atoms with Crippen LogP contribution >= 0.6 is 0 Å². The van der Waals surface area contributed by atoms with Crippen molar-refractivity contribution in [3.63, 3.8) is 0 Å². The quantitative estimate of drug-likeness (QED) is 0.706. The fraction of sp³-hybridized carbons (Fsp3) is 0.136. The average molecular weight is 373 g/mol. The summed E-state index contributed by atoms with van der Waals surface area (Å²) in [4.78, 5) is 28.2. The van der Waals surface area contributed by atoms with Gasteiger partial charge < -0.3 is 15.4 Å². The molecule has 1 aliphatic heterocycles. The van der Waals surface area contributed by atoms with Crippen molar-refractivity contribution in [3.05, 3.63) is 84.2 Å². The number of para-hydroxylation sites is 1. The molecule has 2 heterocycles. The molecule has 6 heteroatoms. The Balaban J connectivity index is 1.46. The molecule has 2 N–H and O–H groups in total. The molecule has 0 bridgehead atoms. The van der Waals surface area contributed by atoms with Gasteiger partial charge in [-0.1, -0.05) is 30.3 Å². The largest absolute Gasteiger partial charge is 0.457 e. The molecule has 1 fully saturated rings. The van der Waals surface area contributed by atoms with Gasteiger partial charge in [-0.25, -0.2) is 0 Å². The molecular weight excluding hydrogens is 354 g/mol. The Bertz CT molecular complexity index is 1000. The maximum Gasteiger partial charge on any atom is 0.274 e. The van der Waals surface area contributed by atoms with Gasteiger partial charge in [-0.15, -0.1) is 0 Å². The Kier molecular flexibility index (Phi) is 5.01. The molecule has 0 spiro atoms. The summed E-state index contributed by atoms with van der Waals surface area (Å²) < 4.78 is 5.76. The summed E-state index contributed by atoms with van der Waals surface area (Å²) in [7, 11) is 0. The standard InChI is InChI=1S/C22H19N3O3/c26-21-10-9-19(25-21)15-5-4-6-16(13-15)24-22(27)20-14-18(11-12-23-20)28-17-7-2-1-3-8-17/h1-8,11-14,19H,9-10H2,(H,24,27)(H,25,26). The molecule has 1 aromatic heterocycles. The van der Waals surface area contributed by atoms with Gasteiger partial charge in [-0.3, -0.25) is 14.6 Å². The van der Waals surface area contributed by atoms with Gasteiger partial charge in [0.1, 0.15) is 17.2 Å². The molecule has 28 heavy (non-hydrogen) atoms. The van der Waals surface area contributed by atoms with Crippen LogP contribution in [0.3, 0.4) is 0 Å². The van der Waals surface area contributed by atoms with Gasteiger partial charge in [0.25, 0.3) is 5.91 Å². The van der Waals surface area contributed by atoms with Crippen LogP contribution in [0.1, 0.15) is 34.9 Å². The fourth-order valence-electron chi connectivity index (χ4n) is 3.12. The van der Waals surface area contributed by atoms with E-state index in [2.05, 4.69) is 15.6 Å². The SMILES string of the molecule is O=C1CCC(c2cccc(NC(=O)c3cc(Oc4ccccc4)ccn3)c2)N1. The molecule has 0 radical (unpaired) electrons. The molecular formula is C22H19N3O3. The van der Waals surface area contributed by atoms with E-state index < -0.39 is 0 Å². The van der Waals surface area contributed by atoms with Gasteiger partial charge in [0.05, 0.1) is 6.04 Å². The summed E-state index contributed by atoms with van der Waals surface area (Å²) in [5, 5.41) is 5.79. The lowest BCUT2D eigenvalue weighted by Crippen LogP contribution is -2.18. The van der Waals surface area contributed by atoms with E-state index in [1.54, 1.807) is 12.1 Å². The van der Waals surface area contributed by atoms with Crippen LogP contribution in [0, 0.1) is 0 Å². The molecule has 1 atom stereocenters. The zero-order valence-electron chi connectivity index (χ0n) is 15.1. The molecule has 0 saturated carbocycles. The van der Waals surface area contributed by atoms with Gasteiger partial charge >= 0.3 is 0 Å². The summed E-state index contributed by atoms with van der Waals surface area (Å²) in [6.45, 7) is 0. The Hall–Kier alpha value is -3.67. The Morgan fingerprint density at radius 1 is 1.04 bits per heavy atom. The van der Waals surface area contributed by atoms with Crippen molar-refractivity contribution in [3.8, 4) is 11.5 Å². The first kappa shape index (κ1) is 17.7. The second kappa shape index (κ2) is 7.92. The number of hydrogen-bond acceptors (Lipinski definition) is 4. The van der Waals surface area contributed by atoms with Crippen LogP contribution in [0.15, 0.2) is 72.9 Å². The van der Waals surface area contributed by atoms with Crippen molar-refractivity contribution in [2.75, 3.05) is 5.32 Å². The third kappa shape index (κ3) is 4.17. The zero-order chi connectivity index (χ0) is 19.3. The third-order valence-electron chi connectivity index (χ3n) is 4.49. The van der Waals surface area contributed by atoms with Crippen molar-refractivity contribution in [1.29, 1.82) is 0 Å². The van der Waals surface area contributed by atoms with Gasteiger partial charge in [0.2, 0.25) is 5.91 Å². The van der Waals surface area contributed by atoms with Gasteiger partial charge in [-0.2, -0.15) is 0 Å². The molecule has 140 valence electrons. The monoisotopic (exact) mass is 373 g/mol. The topological polar surface area (TPSA) is 80.3 Å². The Labute approximate surface area is 162 Å². The van der Waals surface area contributed by atoms with E-state index in [-0.39, 0.29) is 23.6 Å². The van der Waals surface area contributed by atoms with E-state index >= 15 is 0 Å². The number of ether oxygens (including phenoxy) is 1. The first-order chi connectivity index (χ1) is 13.7. The lowest BCUT2D eigenvalue weighted by molar-refractivity contribution is -0.119. The minimum absolute atomic E-state index is 0.00919. The van der Waals surface area contributed by atoms with Gasteiger partial charge in [0.15, 0.2) is 0 Å². The zero-order valence-corrected chi connectivity index (χ0v) is 15.1. The Morgan fingerprint density at radius 3 is 2.68 bits per heavy atom. The van der Waals surface area contributed by atoms with Crippen LogP contribution in [-0.2, 0) is 4.79 Å². The van der Waals surface area contributed by atoms with Crippen LogP contribution in [0.25, 0.3) is 0 Å². The number of nitrogens with one attached hydrogen (secondary N) is 2. The van der Waals surface area contributed by atoms with E-state index in [0.717, 1.165) is 12.0 Å². The minimum atomic E-state index is -0.328. The van der Waals surface area contributed by atoms with E-state index in [1.807, 2.05) is 54.6 Å². The number of carbonyl (C=O) groups excluding carboxylic acids is 2. The van der Waals surface area contributed by atoms with Crippen LogP contribution in [0.4, 0.5) is 5.69 Å². The molecule has 1 unspecified atom stereocenters. The second-order valence-electron chi connectivity index (χ2n) is 6.53. The molecule has 4 rings (SSSR count). The number of amides is 2. The number of benzene rings is 2. The number of nitrogens with zero attached hydrogens (tertiary/aromatic N) is 1. The highest BCUT2D eigenvalue weighted by molar-refractivity contribution is 6.03. The molecule has 2 amide bonds. The van der Waals surface area contributed by atoms with Crippen molar-refractivity contribution < 1.29 is 14.3 Å². The number of rotatable bonds is 5. The summed E-state index contributed by atoms with van der Waals surface area (Å²) in [5.41, 5.74) is 1.88. The van der Waals surface area contributed by atoms with Gasteiger partial charge in [0, 0.05) is 24.4 Å². The van der Waals surface area contributed by atoms with Crippen LogP contribution < -0.4 is 15.4 Å². The lowest BCUT2D eigenvalue weighted by atomic mass is 10.0. The van der Waals surface area contributed by atoms with Crippen molar-refractivity contribution in [1.82, 2.24) is 10.3 Å². The number of hydrogen-bond donors (Lipinski definition) is 2. The summed E-state index contributed by atoms with van der Waals surface area (Å²) in [5.74, 6) is 0.949.